The van der Waals surface area contributed by atoms with E-state index in [0.717, 1.165) is 42.4 Å². The van der Waals surface area contributed by atoms with Crippen LogP contribution in [-0.2, 0) is 17.9 Å². The van der Waals surface area contributed by atoms with E-state index in [4.69, 9.17) is 0 Å². The summed E-state index contributed by atoms with van der Waals surface area (Å²) in [5.41, 5.74) is 3.14. The molecule has 8 heteroatoms. The number of rotatable bonds is 6. The minimum Gasteiger partial charge on any atom is -0.353 e. The van der Waals surface area contributed by atoms with Gasteiger partial charge in [-0.15, -0.1) is 5.10 Å². The summed E-state index contributed by atoms with van der Waals surface area (Å²) in [4.78, 5) is 39.5. The number of benzene rings is 2. The molecule has 0 unspecified atom stereocenters. The van der Waals surface area contributed by atoms with Gasteiger partial charge in [0.2, 0.25) is 11.7 Å². The Labute approximate surface area is 203 Å². The van der Waals surface area contributed by atoms with Crippen molar-refractivity contribution in [2.75, 3.05) is 0 Å². The van der Waals surface area contributed by atoms with E-state index < -0.39 is 0 Å². The highest BCUT2D eigenvalue weighted by Gasteiger charge is 2.20. The molecule has 0 radical (unpaired) electrons. The van der Waals surface area contributed by atoms with Crippen LogP contribution in [-0.4, -0.2) is 30.7 Å². The first-order chi connectivity index (χ1) is 16.9. The number of nitrogens with zero attached hydrogens (tertiary/aromatic N) is 4. The number of hydrogen-bond donors (Lipinski definition) is 1. The third kappa shape index (κ3) is 4.52. The third-order valence-electron chi connectivity index (χ3n) is 7.04. The first kappa shape index (κ1) is 23.1. The fourth-order valence-electron chi connectivity index (χ4n) is 5.06. The van der Waals surface area contributed by atoms with Crippen molar-refractivity contribution in [1.29, 1.82) is 0 Å². The number of aromatic nitrogens is 4. The Morgan fingerprint density at radius 2 is 1.83 bits per heavy atom. The van der Waals surface area contributed by atoms with Gasteiger partial charge in [-0.2, -0.15) is 0 Å². The van der Waals surface area contributed by atoms with Gasteiger partial charge in [0.15, 0.2) is 0 Å². The highest BCUT2D eigenvalue weighted by atomic mass is 16.2. The predicted molar refractivity (Wildman–Crippen MR) is 136 cm³/mol. The molecule has 0 bridgehead atoms. The lowest BCUT2D eigenvalue weighted by Crippen LogP contribution is -2.37. The Kier molecular flexibility index (Phi) is 6.28. The van der Waals surface area contributed by atoms with Crippen LogP contribution in [0.4, 0.5) is 0 Å². The highest BCUT2D eigenvalue weighted by Crippen LogP contribution is 2.18. The van der Waals surface area contributed by atoms with Crippen LogP contribution in [0.2, 0.25) is 0 Å². The van der Waals surface area contributed by atoms with E-state index in [2.05, 4.69) is 10.4 Å². The van der Waals surface area contributed by atoms with E-state index in [1.165, 1.54) is 20.1 Å². The van der Waals surface area contributed by atoms with Crippen molar-refractivity contribution in [3.63, 3.8) is 0 Å². The second-order valence-electron chi connectivity index (χ2n) is 9.63. The number of amides is 1. The molecule has 8 nitrogen and oxygen atoms in total. The molecule has 5 rings (SSSR count). The largest absolute Gasteiger partial charge is 0.353 e. The Morgan fingerprint density at radius 3 is 2.63 bits per heavy atom. The first-order valence-corrected chi connectivity index (χ1v) is 12.4. The van der Waals surface area contributed by atoms with Crippen LogP contribution >= 0.6 is 0 Å². The minimum absolute atomic E-state index is 0.0766. The zero-order chi connectivity index (χ0) is 24.5. The molecule has 1 fully saturated rings. The summed E-state index contributed by atoms with van der Waals surface area (Å²) in [6.45, 7) is 4.48. The molecule has 0 spiro atoms. The lowest BCUT2D eigenvalue weighted by Gasteiger charge is -2.22. The van der Waals surface area contributed by atoms with E-state index in [1.807, 2.05) is 32.0 Å². The zero-order valence-corrected chi connectivity index (χ0v) is 20.3. The maximum Gasteiger partial charge on any atom is 0.352 e. The van der Waals surface area contributed by atoms with Gasteiger partial charge in [-0.3, -0.25) is 14.2 Å². The summed E-state index contributed by atoms with van der Waals surface area (Å²) in [7, 11) is 0. The van der Waals surface area contributed by atoms with Crippen molar-refractivity contribution in [2.24, 2.45) is 0 Å². The summed E-state index contributed by atoms with van der Waals surface area (Å²) in [6, 6.07) is 13.4. The summed E-state index contributed by atoms with van der Waals surface area (Å²) >= 11 is 0. The smallest absolute Gasteiger partial charge is 0.352 e. The maximum atomic E-state index is 13.5. The van der Waals surface area contributed by atoms with Crippen LogP contribution in [0.3, 0.4) is 0 Å². The number of carbonyl (C=O) groups is 1. The van der Waals surface area contributed by atoms with Crippen molar-refractivity contribution in [1.82, 2.24) is 24.1 Å². The number of hydrogen-bond acceptors (Lipinski definition) is 4. The molecule has 0 aliphatic heterocycles. The van der Waals surface area contributed by atoms with Gasteiger partial charge in [0.1, 0.15) is 0 Å². The minimum atomic E-state index is -0.308. The van der Waals surface area contributed by atoms with Gasteiger partial charge >= 0.3 is 5.69 Å². The van der Waals surface area contributed by atoms with Crippen LogP contribution in [0.1, 0.15) is 55.2 Å². The highest BCUT2D eigenvalue weighted by molar-refractivity contribution is 5.80. The molecular weight excluding hydrogens is 442 g/mol. The number of carbonyl (C=O) groups excluding carboxylic acids is 1. The van der Waals surface area contributed by atoms with E-state index in [0.29, 0.717) is 17.4 Å². The van der Waals surface area contributed by atoms with Gasteiger partial charge in [-0.05, 0) is 49.9 Å². The molecule has 1 aliphatic carbocycles. The topological polar surface area (TPSA) is 90.4 Å². The summed E-state index contributed by atoms with van der Waals surface area (Å²) in [5.74, 6) is 0.182. The monoisotopic (exact) mass is 473 g/mol. The van der Waals surface area contributed by atoms with Crippen LogP contribution in [0, 0.1) is 13.8 Å². The Hall–Kier alpha value is -3.68. The standard InChI is InChI=1S/C27H31N5O3/c1-18-12-13-19(2)20(16-18)17-31-27(35)32-23-11-7-6-10-22(23)25(34)30(26(32)29-31)15-14-24(33)28-21-8-4-3-5-9-21/h6-7,10-13,16,21H,3-5,8-9,14-15,17H2,1-2H3,(H,28,33). The van der Waals surface area contributed by atoms with Gasteiger partial charge in [0, 0.05) is 19.0 Å². The molecule has 2 heterocycles. The van der Waals surface area contributed by atoms with E-state index in [-0.39, 0.29) is 41.9 Å². The van der Waals surface area contributed by atoms with Gasteiger partial charge in [-0.1, -0.05) is 55.2 Å². The van der Waals surface area contributed by atoms with E-state index in [9.17, 15) is 14.4 Å². The second kappa shape index (κ2) is 9.52. The Bertz CT molecular complexity index is 1520. The summed E-state index contributed by atoms with van der Waals surface area (Å²) in [5, 5.41) is 8.12. The normalized spacial score (nSPS) is 14.6. The lowest BCUT2D eigenvalue weighted by atomic mass is 9.95. The SMILES string of the molecule is Cc1ccc(C)c(Cn2nc3n(CCC(=O)NC4CCCCC4)c(=O)c4ccccc4n3c2=O)c1. The third-order valence-corrected chi connectivity index (χ3v) is 7.04. The van der Waals surface area contributed by atoms with Crippen molar-refractivity contribution in [3.8, 4) is 0 Å². The predicted octanol–water partition coefficient (Wildman–Crippen LogP) is 3.32. The maximum absolute atomic E-state index is 13.5. The summed E-state index contributed by atoms with van der Waals surface area (Å²) in [6.07, 6.45) is 5.65. The molecule has 1 amide bonds. The van der Waals surface area contributed by atoms with Crippen LogP contribution in [0.15, 0.2) is 52.1 Å². The first-order valence-electron chi connectivity index (χ1n) is 12.4. The van der Waals surface area contributed by atoms with Crippen molar-refractivity contribution < 1.29 is 4.79 Å². The van der Waals surface area contributed by atoms with Crippen LogP contribution in [0.25, 0.3) is 16.7 Å². The van der Waals surface area contributed by atoms with Crippen LogP contribution in [0.5, 0.6) is 0 Å². The fraction of sp³-hybridized carbons (Fsp3) is 0.407. The molecule has 1 aliphatic rings. The molecule has 2 aromatic heterocycles. The average Bonchev–Trinajstić information content (AvgIpc) is 3.17. The molecule has 0 atom stereocenters. The zero-order valence-electron chi connectivity index (χ0n) is 20.3. The van der Waals surface area contributed by atoms with E-state index >= 15 is 0 Å². The number of fused-ring (bicyclic) bond motifs is 3. The lowest BCUT2D eigenvalue weighted by molar-refractivity contribution is -0.122. The molecule has 0 saturated heterocycles. The number of para-hydroxylation sites is 1. The second-order valence-corrected chi connectivity index (χ2v) is 9.63. The molecule has 1 saturated carbocycles. The number of nitrogens with one attached hydrogen (secondary N) is 1. The summed E-state index contributed by atoms with van der Waals surface area (Å²) < 4.78 is 4.35. The molecule has 2 aromatic carbocycles. The Balaban J connectivity index is 1.53. The van der Waals surface area contributed by atoms with Gasteiger partial charge in [0.25, 0.3) is 5.56 Å². The molecular formula is C27H31N5O3. The molecule has 1 N–H and O–H groups in total. The van der Waals surface area contributed by atoms with Gasteiger partial charge in [0.05, 0.1) is 17.4 Å². The molecule has 182 valence electrons. The van der Waals surface area contributed by atoms with Crippen LogP contribution < -0.4 is 16.6 Å². The number of aryl methyl sites for hydroxylation is 3. The van der Waals surface area contributed by atoms with Gasteiger partial charge in [-0.25, -0.2) is 13.9 Å². The average molecular weight is 474 g/mol. The molecule has 4 aromatic rings. The van der Waals surface area contributed by atoms with Crippen molar-refractivity contribution >= 4 is 22.6 Å². The van der Waals surface area contributed by atoms with Crippen molar-refractivity contribution in [3.05, 3.63) is 80.0 Å². The fourth-order valence-corrected chi connectivity index (χ4v) is 5.06. The quantitative estimate of drug-likeness (QED) is 0.465. The molecule has 35 heavy (non-hydrogen) atoms. The van der Waals surface area contributed by atoms with Gasteiger partial charge < -0.3 is 5.32 Å². The Morgan fingerprint density at radius 1 is 1.06 bits per heavy atom. The van der Waals surface area contributed by atoms with Crippen molar-refractivity contribution in [2.45, 2.75) is 71.5 Å². The van der Waals surface area contributed by atoms with E-state index in [1.54, 1.807) is 24.3 Å².